The van der Waals surface area contributed by atoms with Gasteiger partial charge in [0.05, 0.1) is 0 Å². The van der Waals surface area contributed by atoms with Crippen LogP contribution in [0.1, 0.15) is 74.3 Å². The maximum atomic E-state index is 5.05. The van der Waals surface area contributed by atoms with Crippen molar-refractivity contribution < 1.29 is 0 Å². The van der Waals surface area contributed by atoms with Crippen LogP contribution in [-0.4, -0.2) is 24.1 Å². The van der Waals surface area contributed by atoms with E-state index in [9.17, 15) is 0 Å². The molecule has 0 fully saturated rings. The van der Waals surface area contributed by atoms with Gasteiger partial charge in [0.15, 0.2) is 0 Å². The first-order valence-corrected chi connectivity index (χ1v) is 11.2. The Morgan fingerprint density at radius 1 is 1.04 bits per heavy atom. The summed E-state index contributed by atoms with van der Waals surface area (Å²) in [5, 5.41) is 0. The average molecular weight is 378 g/mol. The van der Waals surface area contributed by atoms with E-state index in [-0.39, 0.29) is 0 Å². The fraction of sp³-hybridized carbons (Fsp3) is 0.560. The average Bonchev–Trinajstić information content (AvgIpc) is 3.01. The second kappa shape index (κ2) is 7.77. The Morgan fingerprint density at radius 2 is 1.79 bits per heavy atom. The van der Waals surface area contributed by atoms with Gasteiger partial charge in [-0.2, -0.15) is 0 Å². The lowest BCUT2D eigenvalue weighted by Crippen LogP contribution is -2.40. The quantitative estimate of drug-likeness (QED) is 0.579. The van der Waals surface area contributed by atoms with Crippen LogP contribution in [0.3, 0.4) is 0 Å². The second-order valence-electron chi connectivity index (χ2n) is 8.83. The topological polar surface area (TPSA) is 19.4 Å². The van der Waals surface area contributed by atoms with Gasteiger partial charge in [0.1, 0.15) is 5.82 Å². The van der Waals surface area contributed by atoms with Crippen molar-refractivity contribution in [2.45, 2.75) is 78.7 Å². The number of nitrogens with zero attached hydrogens (tertiary/aromatic N) is 3. The first-order valence-electron chi connectivity index (χ1n) is 11.2. The van der Waals surface area contributed by atoms with E-state index in [2.05, 4.69) is 68.7 Å². The number of anilines is 3. The first kappa shape index (κ1) is 19.3. The molecule has 2 aliphatic rings. The zero-order chi connectivity index (χ0) is 19.8. The molecule has 0 radical (unpaired) electrons. The molecule has 0 amide bonds. The summed E-state index contributed by atoms with van der Waals surface area (Å²) in [4.78, 5) is 10.3. The van der Waals surface area contributed by atoms with Crippen LogP contribution < -0.4 is 9.80 Å². The van der Waals surface area contributed by atoms with Crippen LogP contribution in [0.2, 0.25) is 0 Å². The molecule has 0 aliphatic carbocycles. The van der Waals surface area contributed by atoms with E-state index in [1.165, 1.54) is 72.5 Å². The molecule has 0 saturated heterocycles. The Kier molecular flexibility index (Phi) is 5.35. The van der Waals surface area contributed by atoms with E-state index in [0.717, 1.165) is 12.2 Å². The van der Waals surface area contributed by atoms with Gasteiger partial charge in [-0.25, -0.2) is 4.98 Å². The summed E-state index contributed by atoms with van der Waals surface area (Å²) < 4.78 is 0. The highest BCUT2D eigenvalue weighted by Gasteiger charge is 2.39. The molecular weight excluding hydrogens is 342 g/mol. The summed E-state index contributed by atoms with van der Waals surface area (Å²) in [6.45, 7) is 13.5. The minimum absolute atomic E-state index is 0.610. The third-order valence-electron chi connectivity index (χ3n) is 6.57. The molecule has 0 saturated carbocycles. The minimum Gasteiger partial charge on any atom is -0.368 e. The van der Waals surface area contributed by atoms with Crippen LogP contribution in [-0.2, 0) is 0 Å². The predicted octanol–water partition coefficient (Wildman–Crippen LogP) is 6.42. The fourth-order valence-corrected chi connectivity index (χ4v) is 5.36. The van der Waals surface area contributed by atoms with Gasteiger partial charge in [-0.15, -0.1) is 0 Å². The van der Waals surface area contributed by atoms with Crippen LogP contribution in [0.15, 0.2) is 24.3 Å². The van der Waals surface area contributed by atoms with Gasteiger partial charge in [-0.05, 0) is 57.7 Å². The van der Waals surface area contributed by atoms with E-state index in [1.54, 1.807) is 0 Å². The van der Waals surface area contributed by atoms with E-state index in [1.807, 2.05) is 0 Å². The second-order valence-corrected chi connectivity index (χ2v) is 8.83. The van der Waals surface area contributed by atoms with Gasteiger partial charge < -0.3 is 9.80 Å². The third kappa shape index (κ3) is 3.29. The third-order valence-corrected chi connectivity index (χ3v) is 6.57. The highest BCUT2D eigenvalue weighted by atomic mass is 15.3. The fourth-order valence-electron chi connectivity index (χ4n) is 5.36. The highest BCUT2D eigenvalue weighted by Crippen LogP contribution is 2.50. The maximum absolute atomic E-state index is 5.05. The normalized spacial score (nSPS) is 18.1. The summed E-state index contributed by atoms with van der Waals surface area (Å²) in [5.74, 6) is 1.82. The summed E-state index contributed by atoms with van der Waals surface area (Å²) in [6, 6.07) is 9.83. The Hall–Kier alpha value is -2.03. The lowest BCUT2D eigenvalue weighted by Gasteiger charge is -2.39. The molecule has 4 rings (SSSR count). The van der Waals surface area contributed by atoms with Gasteiger partial charge in [0.25, 0.3) is 0 Å². The van der Waals surface area contributed by atoms with E-state index < -0.39 is 0 Å². The van der Waals surface area contributed by atoms with Gasteiger partial charge in [0.2, 0.25) is 0 Å². The van der Waals surface area contributed by atoms with Crippen LogP contribution >= 0.6 is 0 Å². The lowest BCUT2D eigenvalue weighted by atomic mass is 9.90. The lowest BCUT2D eigenvalue weighted by molar-refractivity contribution is 0.473. The van der Waals surface area contributed by atoms with Crippen LogP contribution in [0.5, 0.6) is 0 Å². The van der Waals surface area contributed by atoms with Crippen molar-refractivity contribution in [1.82, 2.24) is 4.98 Å². The molecule has 2 aromatic rings. The number of hydrogen-bond acceptors (Lipinski definition) is 3. The number of aromatic nitrogens is 1. The number of aryl methyl sites for hydroxylation is 3. The highest BCUT2D eigenvalue weighted by molar-refractivity contribution is 5.78. The Morgan fingerprint density at radius 3 is 2.46 bits per heavy atom. The first-order chi connectivity index (χ1) is 13.5. The van der Waals surface area contributed by atoms with E-state index in [4.69, 9.17) is 4.98 Å². The Balaban J connectivity index is 1.79. The molecule has 0 bridgehead atoms. The van der Waals surface area contributed by atoms with Crippen molar-refractivity contribution in [3.8, 4) is 0 Å². The van der Waals surface area contributed by atoms with E-state index >= 15 is 0 Å². The van der Waals surface area contributed by atoms with Crippen molar-refractivity contribution in [1.29, 1.82) is 0 Å². The van der Waals surface area contributed by atoms with Crippen molar-refractivity contribution in [3.05, 3.63) is 46.6 Å². The molecular formula is C25H35N3. The molecule has 3 nitrogen and oxygen atoms in total. The van der Waals surface area contributed by atoms with Crippen molar-refractivity contribution >= 4 is 17.2 Å². The SMILES string of the molecule is CCCC(CCC)N1CCC2CN(c3ccc(C)cc3C)c3nc(C)cc1c32. The molecule has 150 valence electrons. The molecule has 3 heteroatoms. The van der Waals surface area contributed by atoms with Crippen LogP contribution in [0, 0.1) is 20.8 Å². The maximum Gasteiger partial charge on any atom is 0.138 e. The van der Waals surface area contributed by atoms with E-state index in [0.29, 0.717) is 12.0 Å². The molecule has 2 aliphatic heterocycles. The number of pyridine rings is 1. The summed E-state index contributed by atoms with van der Waals surface area (Å²) >= 11 is 0. The van der Waals surface area contributed by atoms with Gasteiger partial charge in [-0.3, -0.25) is 0 Å². The van der Waals surface area contributed by atoms with Crippen molar-refractivity contribution in [2.75, 3.05) is 22.9 Å². The summed E-state index contributed by atoms with van der Waals surface area (Å²) in [5.41, 5.74) is 8.12. The van der Waals surface area contributed by atoms with Crippen molar-refractivity contribution in [3.63, 3.8) is 0 Å². The Bertz CT molecular complexity index is 851. The van der Waals surface area contributed by atoms with Crippen LogP contribution in [0.25, 0.3) is 0 Å². The summed E-state index contributed by atoms with van der Waals surface area (Å²) in [7, 11) is 0. The molecule has 0 N–H and O–H groups in total. The predicted molar refractivity (Wildman–Crippen MR) is 120 cm³/mol. The molecule has 0 spiro atoms. The number of rotatable bonds is 6. The molecule has 1 unspecified atom stereocenters. The smallest absolute Gasteiger partial charge is 0.138 e. The molecule has 1 aromatic carbocycles. The standard InChI is InChI=1S/C25H35N3/c1-6-8-21(9-7-2)27-13-12-20-16-28(22-11-10-17(3)14-18(22)4)25-24(20)23(27)15-19(5)26-25/h10-11,14-15,20-21H,6-9,12-13,16H2,1-5H3. The number of benzene rings is 1. The largest absolute Gasteiger partial charge is 0.368 e. The molecule has 1 atom stereocenters. The molecule has 1 aromatic heterocycles. The zero-order valence-electron chi connectivity index (χ0n) is 18.3. The minimum atomic E-state index is 0.610. The number of hydrogen-bond donors (Lipinski definition) is 0. The van der Waals surface area contributed by atoms with Crippen molar-refractivity contribution in [2.24, 2.45) is 0 Å². The van der Waals surface area contributed by atoms with Gasteiger partial charge >= 0.3 is 0 Å². The zero-order valence-corrected chi connectivity index (χ0v) is 18.3. The monoisotopic (exact) mass is 377 g/mol. The van der Waals surface area contributed by atoms with Gasteiger partial charge in [-0.1, -0.05) is 44.4 Å². The molecule has 3 heterocycles. The Labute approximate surface area is 170 Å². The van der Waals surface area contributed by atoms with Crippen LogP contribution in [0.4, 0.5) is 17.2 Å². The van der Waals surface area contributed by atoms with Gasteiger partial charge in [0, 0.05) is 47.7 Å². The molecule has 28 heavy (non-hydrogen) atoms. The summed E-state index contributed by atoms with van der Waals surface area (Å²) in [6.07, 6.45) is 6.33.